The van der Waals surface area contributed by atoms with E-state index in [4.69, 9.17) is 27.9 Å². The summed E-state index contributed by atoms with van der Waals surface area (Å²) in [4.78, 5) is 12.0. The molecule has 6 rings (SSSR count). The summed E-state index contributed by atoms with van der Waals surface area (Å²) in [6.45, 7) is 14.2. The number of aliphatic hydroxyl groups excluding tert-OH is 1. The number of nitrogens with one attached hydrogen (secondary N) is 2. The molecule has 9 nitrogen and oxygen atoms in total. The summed E-state index contributed by atoms with van der Waals surface area (Å²) >= 11 is 12.9. The number of hydrogen-bond acceptors (Lipinski definition) is 8. The van der Waals surface area contributed by atoms with Crippen molar-refractivity contribution in [2.45, 2.75) is 77.2 Å². The van der Waals surface area contributed by atoms with E-state index in [0.717, 1.165) is 111 Å². The molecule has 5 unspecified atom stereocenters. The molecule has 0 radical (unpaired) electrons. The van der Waals surface area contributed by atoms with E-state index >= 15 is 0 Å². The minimum absolute atomic E-state index is 0.0635. The number of aliphatic hydroxyl groups is 1. The van der Waals surface area contributed by atoms with Gasteiger partial charge in [0, 0.05) is 78.6 Å². The number of aromatic nitrogens is 2. The van der Waals surface area contributed by atoms with Gasteiger partial charge in [-0.05, 0) is 126 Å². The second kappa shape index (κ2) is 19.6. The molecule has 0 saturated carbocycles. The molecule has 1 aromatic heterocycles. The van der Waals surface area contributed by atoms with E-state index in [1.165, 1.54) is 5.56 Å². The summed E-state index contributed by atoms with van der Waals surface area (Å²) in [5.74, 6) is 3.65. The van der Waals surface area contributed by atoms with E-state index in [1.807, 2.05) is 42.6 Å². The zero-order valence-electron chi connectivity index (χ0n) is 34.3. The molecule has 2 aliphatic heterocycles. The normalized spacial score (nSPS) is 24.3. The number of fused-ring (bicyclic) bond motifs is 2. The molecule has 3 N–H and O–H groups in total. The average molecular weight is 805 g/mol. The van der Waals surface area contributed by atoms with Gasteiger partial charge in [0.15, 0.2) is 0 Å². The zero-order valence-corrected chi connectivity index (χ0v) is 35.8. The third kappa shape index (κ3) is 11.4. The minimum atomic E-state index is -0.0657. The molecule has 0 amide bonds. The monoisotopic (exact) mass is 803 g/mol. The fourth-order valence-electron chi connectivity index (χ4n) is 8.43. The first kappa shape index (κ1) is 42.6. The maximum absolute atomic E-state index is 10.6. The first-order valence-electron chi connectivity index (χ1n) is 20.4. The molecule has 304 valence electrons. The number of ether oxygens (including phenoxy) is 1. The molecule has 2 aliphatic rings. The highest BCUT2D eigenvalue weighted by atomic mass is 35.5. The molecule has 3 aromatic carbocycles. The molecule has 3 heterocycles. The Hall–Kier alpha value is -2.99. The van der Waals surface area contributed by atoms with Crippen molar-refractivity contribution in [2.24, 2.45) is 18.9 Å². The molecular weight excluding hydrogens is 741 g/mol. The van der Waals surface area contributed by atoms with Gasteiger partial charge in [0.25, 0.3) is 0 Å². The van der Waals surface area contributed by atoms with Gasteiger partial charge in [-0.25, -0.2) is 4.98 Å². The van der Waals surface area contributed by atoms with Crippen LogP contribution in [0.15, 0.2) is 72.9 Å². The van der Waals surface area contributed by atoms with Crippen molar-refractivity contribution in [3.63, 3.8) is 0 Å². The van der Waals surface area contributed by atoms with Crippen molar-refractivity contribution in [1.82, 2.24) is 34.9 Å². The van der Waals surface area contributed by atoms with E-state index in [0.29, 0.717) is 23.4 Å². The predicted octanol–water partition coefficient (Wildman–Crippen LogP) is 7.73. The van der Waals surface area contributed by atoms with Crippen LogP contribution in [-0.4, -0.2) is 107 Å². The summed E-state index contributed by atoms with van der Waals surface area (Å²) in [6.07, 6.45) is 6.22. The Balaban J connectivity index is 1.19. The fraction of sp³-hybridized carbons (Fsp3) is 0.533. The maximum atomic E-state index is 10.6. The lowest BCUT2D eigenvalue weighted by molar-refractivity contribution is 0.0790. The first-order chi connectivity index (χ1) is 26.9. The van der Waals surface area contributed by atoms with E-state index in [-0.39, 0.29) is 24.2 Å². The van der Waals surface area contributed by atoms with Crippen LogP contribution >= 0.6 is 23.2 Å². The lowest BCUT2D eigenvalue weighted by atomic mass is 9.81. The highest BCUT2D eigenvalue weighted by Gasteiger charge is 2.37. The van der Waals surface area contributed by atoms with Crippen LogP contribution in [0.25, 0.3) is 11.3 Å². The van der Waals surface area contributed by atoms with Crippen molar-refractivity contribution in [3.05, 3.63) is 99.9 Å². The summed E-state index contributed by atoms with van der Waals surface area (Å²) in [7, 11) is 6.17. The van der Waals surface area contributed by atoms with Gasteiger partial charge in [-0.15, -0.1) is 0 Å². The lowest BCUT2D eigenvalue weighted by Crippen LogP contribution is -2.62. The Morgan fingerprint density at radius 1 is 1.00 bits per heavy atom. The van der Waals surface area contributed by atoms with E-state index in [1.54, 1.807) is 0 Å². The van der Waals surface area contributed by atoms with Gasteiger partial charge in [0.05, 0.1) is 25.0 Å². The van der Waals surface area contributed by atoms with Gasteiger partial charge in [-0.3, -0.25) is 4.90 Å². The molecular formula is C45H63Cl2N7O2. The van der Waals surface area contributed by atoms with E-state index in [2.05, 4.69) is 107 Å². The second-order valence-corrected chi connectivity index (χ2v) is 17.8. The van der Waals surface area contributed by atoms with Crippen LogP contribution in [0.2, 0.25) is 10.0 Å². The number of benzene rings is 3. The Morgan fingerprint density at radius 2 is 1.75 bits per heavy atom. The summed E-state index contributed by atoms with van der Waals surface area (Å²) in [5, 5.41) is 19.7. The van der Waals surface area contributed by atoms with Crippen molar-refractivity contribution in [1.29, 1.82) is 0 Å². The summed E-state index contributed by atoms with van der Waals surface area (Å²) in [6, 6.07) is 22.7. The molecule has 4 aromatic rings. The van der Waals surface area contributed by atoms with Crippen LogP contribution in [-0.2, 0) is 26.6 Å². The second-order valence-electron chi connectivity index (χ2n) is 16.9. The summed E-state index contributed by atoms with van der Waals surface area (Å²) in [5.41, 5.74) is 4.48. The van der Waals surface area contributed by atoms with Crippen LogP contribution in [0.5, 0.6) is 11.5 Å². The summed E-state index contributed by atoms with van der Waals surface area (Å²) < 4.78 is 8.75. The molecule has 56 heavy (non-hydrogen) atoms. The molecule has 2 bridgehead atoms. The number of piperidine rings is 1. The van der Waals surface area contributed by atoms with E-state index < -0.39 is 0 Å². The molecule has 2 fully saturated rings. The Bertz CT molecular complexity index is 1830. The zero-order chi connectivity index (χ0) is 39.8. The molecule has 11 heteroatoms. The van der Waals surface area contributed by atoms with E-state index in [9.17, 15) is 5.11 Å². The largest absolute Gasteiger partial charge is 0.457 e. The van der Waals surface area contributed by atoms with Gasteiger partial charge >= 0.3 is 0 Å². The first-order valence-corrected chi connectivity index (χ1v) is 21.2. The van der Waals surface area contributed by atoms with Crippen molar-refractivity contribution in [3.8, 4) is 22.8 Å². The van der Waals surface area contributed by atoms with Gasteiger partial charge in [-0.2, -0.15) is 0 Å². The van der Waals surface area contributed by atoms with Crippen LogP contribution in [0.4, 0.5) is 0 Å². The molecule has 5 atom stereocenters. The highest BCUT2D eigenvalue weighted by molar-refractivity contribution is 6.31. The lowest BCUT2D eigenvalue weighted by Gasteiger charge is -2.46. The van der Waals surface area contributed by atoms with Crippen LogP contribution in [0.1, 0.15) is 57.0 Å². The fourth-order valence-corrected chi connectivity index (χ4v) is 8.72. The van der Waals surface area contributed by atoms with Gasteiger partial charge < -0.3 is 34.8 Å². The maximum Gasteiger partial charge on any atom is 0.133 e. The standard InChI is InChI=1S/C45H63Cl2N7O2/c1-32(2)36-18-21-54(33(3)24-48-40(30-55)25-50-45(19-7-20-53(27-36)31-45)23-34-8-13-38(46)14-9-34)28-37-10-15-39(47)22-43(37)56-41-16-11-35(12-17-41)42-26-49-44(52(42)6)29-51(4)5/h8-17,22,26,32-33,36,40,48,50,55H,7,18-21,23-25,27-31H2,1-6H3. The van der Waals surface area contributed by atoms with Crippen molar-refractivity contribution >= 4 is 23.2 Å². The number of rotatable bonds is 11. The van der Waals surface area contributed by atoms with Gasteiger partial charge in [0.2, 0.25) is 0 Å². The highest BCUT2D eigenvalue weighted by Crippen LogP contribution is 2.33. The molecule has 2 saturated heterocycles. The Labute approximate surface area is 345 Å². The van der Waals surface area contributed by atoms with Crippen LogP contribution in [0.3, 0.4) is 0 Å². The number of halogens is 2. The van der Waals surface area contributed by atoms with Crippen LogP contribution in [0, 0.1) is 11.8 Å². The SMILES string of the molecule is CC(C)C1CCN(Cc2ccc(Cl)cc2Oc2ccc(-c3cnc(CN(C)C)n3C)cc2)C(C)CNC(CO)CNC2(Cc3ccc(Cl)cc3)CCCN(C1)C2. The van der Waals surface area contributed by atoms with Crippen molar-refractivity contribution in [2.75, 3.05) is 60.0 Å². The number of nitrogens with zero attached hydrogens (tertiary/aromatic N) is 5. The number of hydrogen-bond donors (Lipinski definition) is 3. The quantitative estimate of drug-likeness (QED) is 0.142. The molecule has 0 aliphatic carbocycles. The van der Waals surface area contributed by atoms with Gasteiger partial charge in [0.1, 0.15) is 17.3 Å². The van der Waals surface area contributed by atoms with Crippen molar-refractivity contribution < 1.29 is 9.84 Å². The Kier molecular flexibility index (Phi) is 14.9. The molecule has 0 spiro atoms. The Morgan fingerprint density at radius 3 is 2.46 bits per heavy atom. The average Bonchev–Trinajstić information content (AvgIpc) is 3.52. The third-order valence-corrected chi connectivity index (χ3v) is 12.4. The van der Waals surface area contributed by atoms with Crippen LogP contribution < -0.4 is 15.4 Å². The smallest absolute Gasteiger partial charge is 0.133 e. The van der Waals surface area contributed by atoms with Gasteiger partial charge in [-0.1, -0.05) is 55.2 Å². The minimum Gasteiger partial charge on any atom is -0.457 e. The third-order valence-electron chi connectivity index (χ3n) is 11.9. The topological polar surface area (TPSA) is 81.1 Å². The predicted molar refractivity (Wildman–Crippen MR) is 231 cm³/mol. The number of imidazole rings is 1.